The van der Waals surface area contributed by atoms with Crippen molar-refractivity contribution in [1.82, 2.24) is 0 Å². The average molecular weight is 609 g/mol. The summed E-state index contributed by atoms with van der Waals surface area (Å²) in [7, 11) is 0. The number of aliphatic carboxylic acids is 1. The Hall–Kier alpha value is -1.06. The normalized spacial score (nSPS) is 11.3. The van der Waals surface area contributed by atoms with Crippen molar-refractivity contribution >= 4 is 11.9 Å². The molecule has 0 heterocycles. The van der Waals surface area contributed by atoms with Crippen LogP contribution in [0.3, 0.4) is 0 Å². The summed E-state index contributed by atoms with van der Waals surface area (Å²) in [5.74, 6) is -2.64. The van der Waals surface area contributed by atoms with E-state index in [2.05, 4.69) is 11.7 Å². The van der Waals surface area contributed by atoms with Gasteiger partial charge in [-0.25, -0.2) is 9.59 Å². The molecule has 0 amide bonds. The summed E-state index contributed by atoms with van der Waals surface area (Å²) < 4.78 is 4.64. The van der Waals surface area contributed by atoms with Crippen LogP contribution in [0.5, 0.6) is 0 Å². The van der Waals surface area contributed by atoms with Gasteiger partial charge in [0.1, 0.15) is 0 Å². The van der Waals surface area contributed by atoms with Gasteiger partial charge in [0.15, 0.2) is 0 Å². The van der Waals surface area contributed by atoms with E-state index < -0.39 is 11.9 Å². The number of carboxylic acids is 1. The van der Waals surface area contributed by atoms with Gasteiger partial charge in [-0.1, -0.05) is 225 Å². The largest absolute Gasteiger partial charge is 0.473 e. The molecule has 0 bridgehead atoms. The minimum Gasteiger partial charge on any atom is -0.473 e. The Bertz CT molecular complexity index is 561. The molecule has 4 heteroatoms. The smallest absolute Gasteiger partial charge is 0.417 e. The Morgan fingerprint density at radius 2 is 0.535 bits per heavy atom. The van der Waals surface area contributed by atoms with Gasteiger partial charge in [-0.15, -0.1) is 0 Å². The van der Waals surface area contributed by atoms with Crippen molar-refractivity contribution in [3.05, 3.63) is 0 Å². The Morgan fingerprint density at radius 1 is 0.349 bits per heavy atom. The highest BCUT2D eigenvalue weighted by atomic mass is 16.6. The van der Waals surface area contributed by atoms with Gasteiger partial charge in [0.05, 0.1) is 6.61 Å². The summed E-state index contributed by atoms with van der Waals surface area (Å²) in [6.07, 6.45) is 48.7. The molecule has 0 saturated carbocycles. The molecule has 0 fully saturated rings. The first-order valence-corrected chi connectivity index (χ1v) is 19.6. The third kappa shape index (κ3) is 37.0. The van der Waals surface area contributed by atoms with Crippen molar-refractivity contribution < 1.29 is 19.4 Å². The zero-order valence-electron chi connectivity index (χ0n) is 29.1. The molecule has 0 aliphatic rings. The summed E-state index contributed by atoms with van der Waals surface area (Å²) >= 11 is 0. The van der Waals surface area contributed by atoms with E-state index in [1.807, 2.05) is 0 Å². The number of unbranched alkanes of at least 4 members (excludes halogenated alkanes) is 34. The van der Waals surface area contributed by atoms with E-state index in [1.165, 1.54) is 205 Å². The molecule has 0 aromatic heterocycles. The van der Waals surface area contributed by atoms with E-state index >= 15 is 0 Å². The summed E-state index contributed by atoms with van der Waals surface area (Å²) in [4.78, 5) is 21.1. The number of hydrogen-bond donors (Lipinski definition) is 1. The van der Waals surface area contributed by atoms with Gasteiger partial charge < -0.3 is 9.84 Å². The molecule has 0 aliphatic carbocycles. The Labute approximate surface area is 269 Å². The first kappa shape index (κ1) is 41.9. The lowest BCUT2D eigenvalue weighted by atomic mass is 10.0. The molecule has 1 N–H and O–H groups in total. The number of carbonyl (C=O) groups is 2. The second-order valence-corrected chi connectivity index (χ2v) is 13.5. The molecule has 4 nitrogen and oxygen atoms in total. The molecule has 0 rings (SSSR count). The Kier molecular flexibility index (Phi) is 36.2. The van der Waals surface area contributed by atoms with Crippen LogP contribution in [0.25, 0.3) is 0 Å². The van der Waals surface area contributed by atoms with Crippen molar-refractivity contribution in [1.29, 1.82) is 0 Å². The van der Waals surface area contributed by atoms with E-state index in [1.54, 1.807) is 0 Å². The highest BCUT2D eigenvalue weighted by Crippen LogP contribution is 2.17. The maximum Gasteiger partial charge on any atom is 0.417 e. The van der Waals surface area contributed by atoms with E-state index in [9.17, 15) is 9.59 Å². The molecule has 0 aromatic rings. The van der Waals surface area contributed by atoms with Crippen molar-refractivity contribution in [3.63, 3.8) is 0 Å². The molecular weight excluding hydrogens is 532 g/mol. The van der Waals surface area contributed by atoms with Crippen LogP contribution in [0.1, 0.15) is 232 Å². The molecule has 0 saturated heterocycles. The first-order chi connectivity index (χ1) is 21.2. The fourth-order valence-corrected chi connectivity index (χ4v) is 6.24. The van der Waals surface area contributed by atoms with Gasteiger partial charge in [0, 0.05) is 0 Å². The van der Waals surface area contributed by atoms with E-state index in [0.717, 1.165) is 19.3 Å². The second-order valence-electron chi connectivity index (χ2n) is 13.5. The Balaban J connectivity index is 3.06. The number of rotatable bonds is 36. The molecule has 0 radical (unpaired) electrons. The number of esters is 1. The van der Waals surface area contributed by atoms with Crippen molar-refractivity contribution in [2.75, 3.05) is 6.61 Å². The van der Waals surface area contributed by atoms with Gasteiger partial charge in [-0.3, -0.25) is 0 Å². The minimum atomic E-state index is -1.50. The third-order valence-electron chi connectivity index (χ3n) is 9.16. The maximum atomic E-state index is 10.8. The third-order valence-corrected chi connectivity index (χ3v) is 9.16. The standard InChI is InChI=1S/C39H76O4/c1-2-3-4-5-6-7-8-9-10-11-12-13-14-15-16-17-18-19-20-21-22-23-24-25-26-27-28-29-30-31-32-33-34-35-36-37-43-39(42)38(40)41/h2-37H2,1H3,(H,40,41). The number of carbonyl (C=O) groups excluding carboxylic acids is 1. The monoisotopic (exact) mass is 609 g/mol. The van der Waals surface area contributed by atoms with Crippen LogP contribution in [-0.2, 0) is 14.3 Å². The predicted molar refractivity (Wildman–Crippen MR) is 186 cm³/mol. The van der Waals surface area contributed by atoms with Gasteiger partial charge in [0.2, 0.25) is 0 Å². The van der Waals surface area contributed by atoms with E-state index in [0.29, 0.717) is 0 Å². The van der Waals surface area contributed by atoms with E-state index in [4.69, 9.17) is 5.11 Å². The van der Waals surface area contributed by atoms with E-state index in [-0.39, 0.29) is 6.61 Å². The molecule has 43 heavy (non-hydrogen) atoms. The summed E-state index contributed by atoms with van der Waals surface area (Å²) in [5, 5.41) is 8.43. The summed E-state index contributed by atoms with van der Waals surface area (Å²) in [5.41, 5.74) is 0. The first-order valence-electron chi connectivity index (χ1n) is 19.6. The zero-order chi connectivity index (χ0) is 31.3. The minimum absolute atomic E-state index is 0.227. The molecule has 0 aromatic carbocycles. The highest BCUT2D eigenvalue weighted by molar-refractivity contribution is 6.28. The molecular formula is C39H76O4. The topological polar surface area (TPSA) is 63.6 Å². The fourth-order valence-electron chi connectivity index (χ4n) is 6.24. The van der Waals surface area contributed by atoms with Gasteiger partial charge in [-0.2, -0.15) is 0 Å². The molecule has 0 aliphatic heterocycles. The molecule has 0 unspecified atom stereocenters. The van der Waals surface area contributed by atoms with Gasteiger partial charge in [0.25, 0.3) is 0 Å². The summed E-state index contributed by atoms with van der Waals surface area (Å²) in [6.45, 7) is 2.53. The predicted octanol–water partition coefficient (Wildman–Crippen LogP) is 13.3. The second kappa shape index (κ2) is 37.1. The van der Waals surface area contributed by atoms with Crippen molar-refractivity contribution in [2.24, 2.45) is 0 Å². The van der Waals surface area contributed by atoms with Crippen molar-refractivity contribution in [3.8, 4) is 0 Å². The number of ether oxygens (including phenoxy) is 1. The quantitative estimate of drug-likeness (QED) is 0.0436. The lowest BCUT2D eigenvalue weighted by Gasteiger charge is -2.05. The SMILES string of the molecule is CCCCCCCCCCCCCCCCCCCCCCCCCCCCCCCCCCCCCOC(=O)C(=O)O. The van der Waals surface area contributed by atoms with Crippen LogP contribution in [0.2, 0.25) is 0 Å². The lowest BCUT2D eigenvalue weighted by Crippen LogP contribution is -2.16. The van der Waals surface area contributed by atoms with Crippen LogP contribution >= 0.6 is 0 Å². The van der Waals surface area contributed by atoms with Gasteiger partial charge >= 0.3 is 11.9 Å². The summed E-state index contributed by atoms with van der Waals surface area (Å²) in [6, 6.07) is 0. The fraction of sp³-hybridized carbons (Fsp3) is 0.949. The highest BCUT2D eigenvalue weighted by Gasteiger charge is 2.11. The average Bonchev–Trinajstić information content (AvgIpc) is 3.00. The maximum absolute atomic E-state index is 10.8. The van der Waals surface area contributed by atoms with Gasteiger partial charge in [-0.05, 0) is 6.42 Å². The Morgan fingerprint density at radius 3 is 0.721 bits per heavy atom. The molecule has 0 atom stereocenters. The lowest BCUT2D eigenvalue weighted by molar-refractivity contribution is -0.163. The van der Waals surface area contributed by atoms with Crippen molar-refractivity contribution in [2.45, 2.75) is 232 Å². The van der Waals surface area contributed by atoms with Crippen LogP contribution in [0.4, 0.5) is 0 Å². The van der Waals surface area contributed by atoms with Crippen LogP contribution in [0, 0.1) is 0 Å². The molecule has 0 spiro atoms. The van der Waals surface area contributed by atoms with Crippen LogP contribution in [0.15, 0.2) is 0 Å². The van der Waals surface area contributed by atoms with Crippen LogP contribution < -0.4 is 0 Å². The number of hydrogen-bond acceptors (Lipinski definition) is 3. The zero-order valence-corrected chi connectivity index (χ0v) is 29.1. The molecule has 256 valence electrons. The van der Waals surface area contributed by atoms with Crippen LogP contribution in [-0.4, -0.2) is 23.7 Å². The number of carboxylic acid groups (broad SMARTS) is 1.